The summed E-state index contributed by atoms with van der Waals surface area (Å²) in [5.41, 5.74) is 7.01. The Morgan fingerprint density at radius 1 is 1.53 bits per heavy atom. The van der Waals surface area contributed by atoms with Crippen LogP contribution in [0.2, 0.25) is 0 Å². The summed E-state index contributed by atoms with van der Waals surface area (Å²) in [4.78, 5) is 20.0. The Hall–Kier alpha value is -2.42. The molecule has 6 heteroatoms. The third kappa shape index (κ3) is 2.15. The van der Waals surface area contributed by atoms with E-state index in [0.717, 1.165) is 12.8 Å². The summed E-state index contributed by atoms with van der Waals surface area (Å²) in [6.45, 7) is 4.28. The number of pyridine rings is 1. The minimum Gasteiger partial charge on any atom is -0.384 e. The zero-order chi connectivity index (χ0) is 14.0. The molecule has 0 atom stereocenters. The van der Waals surface area contributed by atoms with E-state index in [4.69, 9.17) is 11.0 Å². The normalized spacial score (nSPS) is 10.6. The van der Waals surface area contributed by atoms with Crippen molar-refractivity contribution in [1.29, 1.82) is 5.26 Å². The molecule has 98 valence electrons. The molecule has 2 N–H and O–H groups in total. The van der Waals surface area contributed by atoms with Crippen molar-refractivity contribution in [1.82, 2.24) is 14.5 Å². The fourth-order valence-corrected chi connectivity index (χ4v) is 2.00. The lowest BCUT2D eigenvalue weighted by Gasteiger charge is -2.12. The second-order valence-electron chi connectivity index (χ2n) is 4.38. The van der Waals surface area contributed by atoms with Crippen LogP contribution in [0.4, 0.5) is 5.82 Å². The molecule has 0 aliphatic rings. The molecule has 6 nitrogen and oxygen atoms in total. The largest absolute Gasteiger partial charge is 0.384 e. The number of nitrogens with zero attached hydrogens (tertiary/aromatic N) is 4. The van der Waals surface area contributed by atoms with Gasteiger partial charge in [0, 0.05) is 12.7 Å². The van der Waals surface area contributed by atoms with Crippen LogP contribution < -0.4 is 11.4 Å². The van der Waals surface area contributed by atoms with Gasteiger partial charge in [-0.25, -0.2) is 4.79 Å². The number of hydrogen-bond donors (Lipinski definition) is 1. The van der Waals surface area contributed by atoms with Crippen LogP contribution in [0.25, 0.3) is 10.9 Å². The van der Waals surface area contributed by atoms with Gasteiger partial charge in [0.15, 0.2) is 0 Å². The Morgan fingerprint density at radius 3 is 2.89 bits per heavy atom. The number of unbranched alkanes of at least 4 members (excludes halogenated alkanes) is 1. The van der Waals surface area contributed by atoms with Crippen LogP contribution in [0, 0.1) is 18.3 Å². The molecule has 0 aromatic carbocycles. The summed E-state index contributed by atoms with van der Waals surface area (Å²) in [5.74, 6) is 0.297. The van der Waals surface area contributed by atoms with Gasteiger partial charge in [0.2, 0.25) is 0 Å². The van der Waals surface area contributed by atoms with Crippen molar-refractivity contribution < 1.29 is 0 Å². The molecular weight excluding hydrogens is 242 g/mol. The van der Waals surface area contributed by atoms with Gasteiger partial charge in [0.05, 0.1) is 16.6 Å². The summed E-state index contributed by atoms with van der Waals surface area (Å²) in [6.07, 6.45) is 3.25. The molecule has 2 aromatic rings. The Kier molecular flexibility index (Phi) is 3.47. The summed E-state index contributed by atoms with van der Waals surface area (Å²) in [5, 5.41) is 9.65. The first kappa shape index (κ1) is 13.0. The molecule has 0 saturated heterocycles. The maximum Gasteiger partial charge on any atom is 0.349 e. The molecule has 0 fully saturated rings. The quantitative estimate of drug-likeness (QED) is 0.895. The number of aromatic nitrogens is 3. The number of rotatable bonds is 3. The predicted molar refractivity (Wildman–Crippen MR) is 72.6 cm³/mol. The van der Waals surface area contributed by atoms with Crippen molar-refractivity contribution in [3.05, 3.63) is 27.9 Å². The molecule has 2 rings (SSSR count). The molecule has 19 heavy (non-hydrogen) atoms. The van der Waals surface area contributed by atoms with Crippen LogP contribution >= 0.6 is 0 Å². The topological polar surface area (TPSA) is 97.6 Å². The zero-order valence-corrected chi connectivity index (χ0v) is 11.0. The zero-order valence-electron chi connectivity index (χ0n) is 11.0. The van der Waals surface area contributed by atoms with E-state index in [2.05, 4.69) is 9.97 Å². The highest BCUT2D eigenvalue weighted by atomic mass is 16.1. The number of anilines is 1. The average Bonchev–Trinajstić information content (AvgIpc) is 2.40. The molecule has 0 unspecified atom stereocenters. The number of aryl methyl sites for hydroxylation is 1. The van der Waals surface area contributed by atoms with Crippen molar-refractivity contribution in [2.75, 3.05) is 5.73 Å². The standard InChI is InChI=1S/C13H15N5O/c1-3-4-5-18-12(15)10-9(6-14)7-16-8(2)11(10)17-13(18)19/h7H,3-5,15H2,1-2H3. The maximum absolute atomic E-state index is 12.0. The Bertz CT molecular complexity index is 726. The van der Waals surface area contributed by atoms with Crippen molar-refractivity contribution >= 4 is 16.7 Å². The number of fused-ring (bicyclic) bond motifs is 1. The minimum atomic E-state index is -0.390. The van der Waals surface area contributed by atoms with Gasteiger partial charge < -0.3 is 5.73 Å². The van der Waals surface area contributed by atoms with Crippen LogP contribution in [-0.4, -0.2) is 14.5 Å². The van der Waals surface area contributed by atoms with Gasteiger partial charge in [0.1, 0.15) is 17.4 Å². The first-order chi connectivity index (χ1) is 9.10. The third-order valence-electron chi connectivity index (χ3n) is 3.08. The van der Waals surface area contributed by atoms with Gasteiger partial charge in [-0.05, 0) is 13.3 Å². The Morgan fingerprint density at radius 2 is 2.26 bits per heavy atom. The highest BCUT2D eigenvalue weighted by Gasteiger charge is 2.14. The lowest BCUT2D eigenvalue weighted by atomic mass is 10.1. The Labute approximate surface area is 110 Å². The van der Waals surface area contributed by atoms with E-state index in [1.165, 1.54) is 10.8 Å². The van der Waals surface area contributed by atoms with E-state index < -0.39 is 5.69 Å². The van der Waals surface area contributed by atoms with Crippen LogP contribution in [0.15, 0.2) is 11.0 Å². The van der Waals surface area contributed by atoms with E-state index in [1.54, 1.807) is 6.92 Å². The molecule has 0 bridgehead atoms. The van der Waals surface area contributed by atoms with Crippen LogP contribution in [-0.2, 0) is 6.54 Å². The first-order valence-electron chi connectivity index (χ1n) is 6.15. The van der Waals surface area contributed by atoms with Gasteiger partial charge in [-0.3, -0.25) is 9.55 Å². The van der Waals surface area contributed by atoms with Crippen molar-refractivity contribution in [3.8, 4) is 6.07 Å². The van der Waals surface area contributed by atoms with Gasteiger partial charge in [-0.2, -0.15) is 10.2 Å². The average molecular weight is 257 g/mol. The maximum atomic E-state index is 12.0. The fraction of sp³-hybridized carbons (Fsp3) is 0.385. The molecule has 2 aromatic heterocycles. The van der Waals surface area contributed by atoms with E-state index in [1.807, 2.05) is 13.0 Å². The SMILES string of the molecule is CCCCn1c(N)c2c(C#N)cnc(C)c2nc1=O. The van der Waals surface area contributed by atoms with E-state index in [0.29, 0.717) is 34.5 Å². The monoisotopic (exact) mass is 257 g/mol. The second-order valence-corrected chi connectivity index (χ2v) is 4.38. The number of nitrogen functional groups attached to an aromatic ring is 1. The van der Waals surface area contributed by atoms with Crippen LogP contribution in [0.5, 0.6) is 0 Å². The minimum absolute atomic E-state index is 0.297. The van der Waals surface area contributed by atoms with Crippen LogP contribution in [0.1, 0.15) is 31.0 Å². The lowest BCUT2D eigenvalue weighted by Crippen LogP contribution is -2.26. The fourth-order valence-electron chi connectivity index (χ4n) is 2.00. The summed E-state index contributed by atoms with van der Waals surface area (Å²) >= 11 is 0. The number of hydrogen-bond acceptors (Lipinski definition) is 5. The molecule has 0 aliphatic carbocycles. The molecule has 0 spiro atoms. The Balaban J connectivity index is 2.82. The van der Waals surface area contributed by atoms with Crippen molar-refractivity contribution in [3.63, 3.8) is 0 Å². The molecule has 2 heterocycles. The molecule has 0 saturated carbocycles. The molecular formula is C13H15N5O. The van der Waals surface area contributed by atoms with Gasteiger partial charge in [-0.15, -0.1) is 0 Å². The lowest BCUT2D eigenvalue weighted by molar-refractivity contribution is 0.611. The molecule has 0 radical (unpaired) electrons. The highest BCUT2D eigenvalue weighted by molar-refractivity contribution is 5.94. The van der Waals surface area contributed by atoms with Crippen molar-refractivity contribution in [2.45, 2.75) is 33.2 Å². The van der Waals surface area contributed by atoms with Gasteiger partial charge in [0.25, 0.3) is 0 Å². The van der Waals surface area contributed by atoms with Crippen molar-refractivity contribution in [2.24, 2.45) is 0 Å². The van der Waals surface area contributed by atoms with E-state index >= 15 is 0 Å². The smallest absolute Gasteiger partial charge is 0.349 e. The molecule has 0 aliphatic heterocycles. The summed E-state index contributed by atoms with van der Waals surface area (Å²) in [6, 6.07) is 2.04. The van der Waals surface area contributed by atoms with Gasteiger partial charge >= 0.3 is 5.69 Å². The highest BCUT2D eigenvalue weighted by Crippen LogP contribution is 2.23. The third-order valence-corrected chi connectivity index (χ3v) is 3.08. The van der Waals surface area contributed by atoms with Gasteiger partial charge in [-0.1, -0.05) is 13.3 Å². The molecule has 0 amide bonds. The van der Waals surface area contributed by atoms with E-state index in [9.17, 15) is 4.79 Å². The van der Waals surface area contributed by atoms with E-state index in [-0.39, 0.29) is 0 Å². The second kappa shape index (κ2) is 5.06. The summed E-state index contributed by atoms with van der Waals surface area (Å²) in [7, 11) is 0. The predicted octanol–water partition coefficient (Wildman–Crippen LogP) is 1.35. The summed E-state index contributed by atoms with van der Waals surface area (Å²) < 4.78 is 1.42. The number of nitrogens with two attached hydrogens (primary N) is 1. The van der Waals surface area contributed by atoms with Crippen LogP contribution in [0.3, 0.4) is 0 Å². The first-order valence-corrected chi connectivity index (χ1v) is 6.15. The number of nitriles is 1.